The van der Waals surface area contributed by atoms with Crippen molar-refractivity contribution in [3.05, 3.63) is 70.7 Å². The van der Waals surface area contributed by atoms with Gasteiger partial charge in [-0.25, -0.2) is 4.98 Å². The van der Waals surface area contributed by atoms with Crippen LogP contribution >= 0.6 is 15.9 Å². The lowest BCUT2D eigenvalue weighted by molar-refractivity contribution is -0.118. The third-order valence-corrected chi connectivity index (χ3v) is 5.08. The van der Waals surface area contributed by atoms with Gasteiger partial charge in [0.25, 0.3) is 5.91 Å². The minimum atomic E-state index is -0.320. The molecule has 0 radical (unpaired) electrons. The number of aromatic nitrogens is 1. The van der Waals surface area contributed by atoms with E-state index in [1.54, 1.807) is 24.3 Å². The number of phenols is 1. The summed E-state index contributed by atoms with van der Waals surface area (Å²) in [5, 5.41) is 13.0. The summed E-state index contributed by atoms with van der Waals surface area (Å²) < 4.78 is 12.2. The van der Waals surface area contributed by atoms with Crippen LogP contribution in [0, 0.1) is 0 Å². The Morgan fingerprint density at radius 2 is 1.93 bits per heavy atom. The van der Waals surface area contributed by atoms with E-state index in [1.807, 2.05) is 30.3 Å². The Kier molecular flexibility index (Phi) is 5.72. The van der Waals surface area contributed by atoms with Crippen molar-refractivity contribution < 1.29 is 19.1 Å². The molecule has 6 nitrogen and oxygen atoms in total. The van der Waals surface area contributed by atoms with E-state index in [0.29, 0.717) is 22.6 Å². The van der Waals surface area contributed by atoms with Crippen LogP contribution in [0.2, 0.25) is 0 Å². The van der Waals surface area contributed by atoms with Crippen LogP contribution in [0.15, 0.2) is 69.6 Å². The highest BCUT2D eigenvalue weighted by Crippen LogP contribution is 2.33. The van der Waals surface area contributed by atoms with Gasteiger partial charge < -0.3 is 19.6 Å². The number of aryl methyl sites for hydroxylation is 1. The molecule has 0 atom stereocenters. The second kappa shape index (κ2) is 8.59. The third-order valence-electron chi connectivity index (χ3n) is 4.55. The fourth-order valence-electron chi connectivity index (χ4n) is 2.97. The maximum absolute atomic E-state index is 12.2. The van der Waals surface area contributed by atoms with Gasteiger partial charge in [0.2, 0.25) is 5.89 Å². The molecule has 0 aliphatic carbocycles. The number of halogens is 1. The van der Waals surface area contributed by atoms with E-state index in [9.17, 15) is 9.90 Å². The molecule has 0 aliphatic rings. The number of hydrogen-bond donors (Lipinski definition) is 2. The van der Waals surface area contributed by atoms with Gasteiger partial charge in [0.1, 0.15) is 17.0 Å². The zero-order valence-corrected chi connectivity index (χ0v) is 17.8. The fraction of sp³-hybridized carbons (Fsp3) is 0.130. The van der Waals surface area contributed by atoms with E-state index in [-0.39, 0.29) is 24.2 Å². The highest BCUT2D eigenvalue weighted by atomic mass is 79.9. The Labute approximate surface area is 181 Å². The molecular weight excluding hydrogens is 448 g/mol. The predicted octanol–water partition coefficient (Wildman–Crippen LogP) is 5.54. The molecule has 0 spiro atoms. The fourth-order valence-corrected chi connectivity index (χ4v) is 3.23. The monoisotopic (exact) mass is 466 g/mol. The van der Waals surface area contributed by atoms with Crippen molar-refractivity contribution in [2.24, 2.45) is 0 Å². The Bertz CT molecular complexity index is 1200. The summed E-state index contributed by atoms with van der Waals surface area (Å²) >= 11 is 3.35. The molecule has 4 rings (SSSR count). The smallest absolute Gasteiger partial charge is 0.262 e. The molecule has 152 valence electrons. The van der Waals surface area contributed by atoms with Crippen LogP contribution in [0.1, 0.15) is 12.5 Å². The van der Waals surface area contributed by atoms with Gasteiger partial charge in [-0.2, -0.15) is 0 Å². The van der Waals surface area contributed by atoms with Crippen molar-refractivity contribution in [3.63, 3.8) is 0 Å². The lowest BCUT2D eigenvalue weighted by Crippen LogP contribution is -2.20. The summed E-state index contributed by atoms with van der Waals surface area (Å²) in [7, 11) is 0. The van der Waals surface area contributed by atoms with Crippen molar-refractivity contribution in [1.29, 1.82) is 0 Å². The number of phenolic OH excluding ortho intramolecular Hbond substituents is 1. The van der Waals surface area contributed by atoms with Gasteiger partial charge in [-0.15, -0.1) is 0 Å². The van der Waals surface area contributed by atoms with Crippen LogP contribution < -0.4 is 10.1 Å². The molecule has 30 heavy (non-hydrogen) atoms. The topological polar surface area (TPSA) is 84.6 Å². The van der Waals surface area contributed by atoms with Gasteiger partial charge in [0.05, 0.1) is 5.56 Å². The van der Waals surface area contributed by atoms with Crippen LogP contribution in [-0.4, -0.2) is 22.6 Å². The molecule has 3 aromatic carbocycles. The second-order valence-corrected chi connectivity index (χ2v) is 7.61. The lowest BCUT2D eigenvalue weighted by Gasteiger charge is -2.09. The maximum atomic E-state index is 12.2. The summed E-state index contributed by atoms with van der Waals surface area (Å²) in [5.41, 5.74) is 3.41. The number of rotatable bonds is 6. The van der Waals surface area contributed by atoms with Crippen LogP contribution in [-0.2, 0) is 11.2 Å². The first kappa shape index (κ1) is 20.0. The van der Waals surface area contributed by atoms with Crippen molar-refractivity contribution in [2.75, 3.05) is 11.9 Å². The number of oxazole rings is 1. The standard InChI is InChI=1S/C23H19BrN2O4/c1-2-14-3-10-21-19(11-14)26-23(30-21)18-12-16(6-9-20(18)27)25-22(28)13-29-17-7-4-15(24)5-8-17/h3-12,27H,2,13H2,1H3,(H,25,28). The number of aromatic hydroxyl groups is 1. The zero-order chi connectivity index (χ0) is 21.1. The molecule has 0 bridgehead atoms. The number of hydrogen-bond acceptors (Lipinski definition) is 5. The average Bonchev–Trinajstić information content (AvgIpc) is 3.17. The quantitative estimate of drug-likeness (QED) is 0.364. The summed E-state index contributed by atoms with van der Waals surface area (Å²) in [6, 6.07) is 17.8. The van der Waals surface area contributed by atoms with E-state index < -0.39 is 0 Å². The zero-order valence-electron chi connectivity index (χ0n) is 16.2. The predicted molar refractivity (Wildman–Crippen MR) is 119 cm³/mol. The Morgan fingerprint density at radius 1 is 1.13 bits per heavy atom. The second-order valence-electron chi connectivity index (χ2n) is 6.70. The number of amides is 1. The molecule has 1 heterocycles. The Balaban J connectivity index is 1.50. The van der Waals surface area contributed by atoms with Gasteiger partial charge in [0, 0.05) is 10.2 Å². The largest absolute Gasteiger partial charge is 0.507 e. The minimum absolute atomic E-state index is 0.0152. The van der Waals surface area contributed by atoms with Crippen LogP contribution in [0.25, 0.3) is 22.6 Å². The summed E-state index contributed by atoms with van der Waals surface area (Å²) in [6.45, 7) is 1.93. The first-order valence-corrected chi connectivity index (χ1v) is 10.2. The molecule has 0 saturated carbocycles. The molecule has 7 heteroatoms. The molecule has 2 N–H and O–H groups in total. The molecule has 4 aromatic rings. The maximum Gasteiger partial charge on any atom is 0.262 e. The van der Waals surface area contributed by atoms with Crippen molar-refractivity contribution in [2.45, 2.75) is 13.3 Å². The number of ether oxygens (including phenoxy) is 1. The molecule has 1 amide bonds. The van der Waals surface area contributed by atoms with Gasteiger partial charge in [-0.1, -0.05) is 28.9 Å². The number of nitrogens with one attached hydrogen (secondary N) is 1. The van der Waals surface area contributed by atoms with E-state index in [4.69, 9.17) is 9.15 Å². The lowest BCUT2D eigenvalue weighted by atomic mass is 10.1. The number of carbonyl (C=O) groups excluding carboxylic acids is 1. The Hall–Kier alpha value is -3.32. The SMILES string of the molecule is CCc1ccc2oc(-c3cc(NC(=O)COc4ccc(Br)cc4)ccc3O)nc2c1. The van der Waals surface area contributed by atoms with Crippen molar-refractivity contribution >= 4 is 38.6 Å². The van der Waals surface area contributed by atoms with Gasteiger partial charge in [0.15, 0.2) is 12.2 Å². The molecule has 0 fully saturated rings. The normalized spacial score (nSPS) is 10.9. The van der Waals surface area contributed by atoms with E-state index >= 15 is 0 Å². The molecule has 0 saturated heterocycles. The molecule has 0 aliphatic heterocycles. The summed E-state index contributed by atoms with van der Waals surface area (Å²) in [5.74, 6) is 0.580. The van der Waals surface area contributed by atoms with Gasteiger partial charge in [-0.3, -0.25) is 4.79 Å². The van der Waals surface area contributed by atoms with Gasteiger partial charge in [-0.05, 0) is 66.6 Å². The van der Waals surface area contributed by atoms with Crippen molar-refractivity contribution in [3.8, 4) is 23.0 Å². The highest BCUT2D eigenvalue weighted by Gasteiger charge is 2.14. The average molecular weight is 467 g/mol. The first-order chi connectivity index (χ1) is 14.5. The van der Waals surface area contributed by atoms with E-state index in [1.165, 1.54) is 6.07 Å². The molecule has 0 unspecified atom stereocenters. The summed E-state index contributed by atoms with van der Waals surface area (Å²) in [6.07, 6.45) is 0.896. The third kappa shape index (κ3) is 4.46. The number of carbonyl (C=O) groups is 1. The van der Waals surface area contributed by atoms with Crippen molar-refractivity contribution in [1.82, 2.24) is 4.98 Å². The number of anilines is 1. The number of fused-ring (bicyclic) bond motifs is 1. The van der Waals surface area contributed by atoms with E-state index in [2.05, 4.69) is 33.2 Å². The van der Waals surface area contributed by atoms with Gasteiger partial charge >= 0.3 is 0 Å². The number of benzene rings is 3. The Morgan fingerprint density at radius 3 is 2.70 bits per heavy atom. The number of nitrogens with zero attached hydrogens (tertiary/aromatic N) is 1. The highest BCUT2D eigenvalue weighted by molar-refractivity contribution is 9.10. The molecular formula is C23H19BrN2O4. The van der Waals surface area contributed by atoms with E-state index in [0.717, 1.165) is 22.0 Å². The molecule has 1 aromatic heterocycles. The van der Waals surface area contributed by atoms with Crippen LogP contribution in [0.3, 0.4) is 0 Å². The van der Waals surface area contributed by atoms with Crippen LogP contribution in [0.5, 0.6) is 11.5 Å². The minimum Gasteiger partial charge on any atom is -0.507 e. The first-order valence-electron chi connectivity index (χ1n) is 9.43. The summed E-state index contributed by atoms with van der Waals surface area (Å²) in [4.78, 5) is 16.7. The van der Waals surface area contributed by atoms with Crippen LogP contribution in [0.4, 0.5) is 5.69 Å².